The van der Waals surface area contributed by atoms with Crippen LogP contribution in [0.1, 0.15) is 11.1 Å². The maximum atomic E-state index is 13.2. The fourth-order valence-electron chi connectivity index (χ4n) is 3.07. The zero-order chi connectivity index (χ0) is 20.9. The van der Waals surface area contributed by atoms with E-state index in [9.17, 15) is 9.90 Å². The van der Waals surface area contributed by atoms with E-state index in [1.54, 1.807) is 29.2 Å². The third kappa shape index (κ3) is 4.83. The van der Waals surface area contributed by atoms with Crippen LogP contribution >= 0.6 is 27.7 Å². The minimum Gasteiger partial charge on any atom is -0.507 e. The maximum absolute atomic E-state index is 13.2. The molecule has 0 aliphatic carbocycles. The minimum absolute atomic E-state index is 0.106. The molecule has 30 heavy (non-hydrogen) atoms. The van der Waals surface area contributed by atoms with Crippen LogP contribution in [0.3, 0.4) is 0 Å². The third-order valence-corrected chi connectivity index (χ3v) is 6.11. The average Bonchev–Trinajstić information content (AvgIpc) is 3.05. The lowest BCUT2D eigenvalue weighted by molar-refractivity contribution is -0.122. The first kappa shape index (κ1) is 20.4. The number of aliphatic imine (C=N–C) groups is 1. The molecule has 1 aliphatic rings. The summed E-state index contributed by atoms with van der Waals surface area (Å²) in [6.07, 6.45) is 2.45. The predicted molar refractivity (Wildman–Crippen MR) is 127 cm³/mol. The monoisotopic (exact) mass is 478 g/mol. The number of carbonyl (C=O) groups excluding carboxylic acids is 1. The van der Waals surface area contributed by atoms with Crippen molar-refractivity contribution in [1.82, 2.24) is 4.90 Å². The van der Waals surface area contributed by atoms with Gasteiger partial charge in [0.25, 0.3) is 5.91 Å². The summed E-state index contributed by atoms with van der Waals surface area (Å²) in [5, 5.41) is 10.8. The van der Waals surface area contributed by atoms with Crippen LogP contribution < -0.4 is 0 Å². The topological polar surface area (TPSA) is 52.9 Å². The number of hydrogen-bond acceptors (Lipinski definition) is 4. The fourth-order valence-corrected chi connectivity index (χ4v) is 4.46. The molecule has 0 spiro atoms. The highest BCUT2D eigenvalue weighted by atomic mass is 79.9. The molecular formula is C24H19BrN2O2S. The largest absolute Gasteiger partial charge is 0.507 e. The van der Waals surface area contributed by atoms with Crippen molar-refractivity contribution in [2.24, 2.45) is 4.99 Å². The number of rotatable bonds is 5. The number of phenols is 1. The Morgan fingerprint density at radius 2 is 1.70 bits per heavy atom. The first-order valence-electron chi connectivity index (χ1n) is 9.48. The minimum atomic E-state index is -0.106. The second-order valence-corrected chi connectivity index (χ2v) is 8.66. The van der Waals surface area contributed by atoms with Crippen molar-refractivity contribution in [3.05, 3.63) is 99.4 Å². The van der Waals surface area contributed by atoms with E-state index in [-0.39, 0.29) is 11.7 Å². The summed E-state index contributed by atoms with van der Waals surface area (Å²) in [7, 11) is 0. The molecule has 1 aliphatic heterocycles. The van der Waals surface area contributed by atoms with E-state index in [0.29, 0.717) is 22.2 Å². The smallest absolute Gasteiger partial charge is 0.266 e. The van der Waals surface area contributed by atoms with Crippen LogP contribution in [0.4, 0.5) is 5.69 Å². The van der Waals surface area contributed by atoms with Gasteiger partial charge in [0.05, 0.1) is 10.6 Å². The molecule has 3 aromatic rings. The molecule has 1 saturated heterocycles. The van der Waals surface area contributed by atoms with Gasteiger partial charge in [-0.05, 0) is 60.2 Å². The number of amidine groups is 1. The van der Waals surface area contributed by atoms with Gasteiger partial charge in [-0.3, -0.25) is 9.69 Å². The highest BCUT2D eigenvalue weighted by molar-refractivity contribution is 9.10. The highest BCUT2D eigenvalue weighted by Crippen LogP contribution is 2.36. The Kier molecular flexibility index (Phi) is 6.35. The van der Waals surface area contributed by atoms with Crippen LogP contribution in [0.25, 0.3) is 6.08 Å². The van der Waals surface area contributed by atoms with Crippen molar-refractivity contribution in [3.63, 3.8) is 0 Å². The van der Waals surface area contributed by atoms with E-state index in [0.717, 1.165) is 22.1 Å². The van der Waals surface area contributed by atoms with E-state index >= 15 is 0 Å². The number of phenolic OH excluding ortho intramolecular Hbond substituents is 1. The van der Waals surface area contributed by atoms with Gasteiger partial charge in [0.2, 0.25) is 0 Å². The second-order valence-electron chi connectivity index (χ2n) is 6.74. The van der Waals surface area contributed by atoms with Gasteiger partial charge in [-0.1, -0.05) is 64.5 Å². The number of thioether (sulfide) groups is 1. The number of aromatic hydroxyl groups is 1. The van der Waals surface area contributed by atoms with E-state index < -0.39 is 0 Å². The van der Waals surface area contributed by atoms with Gasteiger partial charge in [0.1, 0.15) is 5.75 Å². The SMILES string of the molecule is O=C1/C(=C\c2cc(Br)ccc2O)SC(=Nc2ccccc2)N1CCc1ccccc1. The van der Waals surface area contributed by atoms with Crippen molar-refractivity contribution < 1.29 is 9.90 Å². The molecule has 0 radical (unpaired) electrons. The molecule has 3 aromatic carbocycles. The van der Waals surface area contributed by atoms with Gasteiger partial charge in [-0.15, -0.1) is 0 Å². The standard InChI is InChI=1S/C24H19BrN2O2S/c25-19-11-12-21(28)18(15-19)16-22-23(29)27(14-13-17-7-3-1-4-8-17)24(30-22)26-20-9-5-2-6-10-20/h1-12,15-16,28H,13-14H2/b22-16+,26-24?. The molecule has 1 amide bonds. The van der Waals surface area contributed by atoms with Gasteiger partial charge in [-0.2, -0.15) is 0 Å². The Morgan fingerprint density at radius 1 is 1.00 bits per heavy atom. The highest BCUT2D eigenvalue weighted by Gasteiger charge is 2.33. The summed E-state index contributed by atoms with van der Waals surface area (Å²) in [6, 6.07) is 24.8. The van der Waals surface area contributed by atoms with Crippen molar-refractivity contribution in [2.75, 3.05) is 6.54 Å². The Hall–Kier alpha value is -2.83. The Morgan fingerprint density at radius 3 is 2.43 bits per heavy atom. The number of para-hydroxylation sites is 1. The second kappa shape index (κ2) is 9.32. The van der Waals surface area contributed by atoms with Gasteiger partial charge in [-0.25, -0.2) is 4.99 Å². The molecule has 1 fully saturated rings. The van der Waals surface area contributed by atoms with Crippen LogP contribution in [0.5, 0.6) is 5.75 Å². The molecule has 4 rings (SSSR count). The molecule has 6 heteroatoms. The lowest BCUT2D eigenvalue weighted by atomic mass is 10.1. The van der Waals surface area contributed by atoms with Crippen molar-refractivity contribution in [2.45, 2.75) is 6.42 Å². The first-order valence-corrected chi connectivity index (χ1v) is 11.1. The zero-order valence-electron chi connectivity index (χ0n) is 16.0. The van der Waals surface area contributed by atoms with Crippen LogP contribution in [0.2, 0.25) is 0 Å². The molecular weight excluding hydrogens is 460 g/mol. The number of benzene rings is 3. The molecule has 0 bridgehead atoms. The lowest BCUT2D eigenvalue weighted by Gasteiger charge is -2.15. The summed E-state index contributed by atoms with van der Waals surface area (Å²) in [5.41, 5.74) is 2.55. The van der Waals surface area contributed by atoms with Gasteiger partial charge < -0.3 is 5.11 Å². The predicted octanol–water partition coefficient (Wildman–Crippen LogP) is 6.00. The Balaban J connectivity index is 1.66. The number of amides is 1. The molecule has 0 atom stereocenters. The van der Waals surface area contributed by atoms with E-state index in [1.807, 2.05) is 48.5 Å². The van der Waals surface area contributed by atoms with Crippen LogP contribution in [-0.2, 0) is 11.2 Å². The molecule has 4 nitrogen and oxygen atoms in total. The number of halogens is 1. The summed E-state index contributed by atoms with van der Waals surface area (Å²) < 4.78 is 0.835. The molecule has 1 N–H and O–H groups in total. The number of carbonyl (C=O) groups is 1. The van der Waals surface area contributed by atoms with Gasteiger partial charge >= 0.3 is 0 Å². The molecule has 0 unspecified atom stereocenters. The van der Waals surface area contributed by atoms with E-state index in [4.69, 9.17) is 4.99 Å². The summed E-state index contributed by atoms with van der Waals surface area (Å²) in [4.78, 5) is 20.1. The van der Waals surface area contributed by atoms with Crippen molar-refractivity contribution in [3.8, 4) is 5.75 Å². The van der Waals surface area contributed by atoms with Crippen molar-refractivity contribution in [1.29, 1.82) is 0 Å². The summed E-state index contributed by atoms with van der Waals surface area (Å²) in [5.74, 6) is 0.0216. The lowest BCUT2D eigenvalue weighted by Crippen LogP contribution is -2.31. The van der Waals surface area contributed by atoms with Gasteiger partial charge in [0.15, 0.2) is 5.17 Å². The third-order valence-electron chi connectivity index (χ3n) is 4.61. The fraction of sp³-hybridized carbons (Fsp3) is 0.0833. The Labute approximate surface area is 188 Å². The van der Waals surface area contributed by atoms with Gasteiger partial charge in [0, 0.05) is 16.6 Å². The van der Waals surface area contributed by atoms with Crippen molar-refractivity contribution >= 4 is 50.5 Å². The quantitative estimate of drug-likeness (QED) is 0.457. The summed E-state index contributed by atoms with van der Waals surface area (Å²) in [6.45, 7) is 0.531. The maximum Gasteiger partial charge on any atom is 0.266 e. The zero-order valence-corrected chi connectivity index (χ0v) is 18.4. The number of nitrogens with zero attached hydrogens (tertiary/aromatic N) is 2. The molecule has 150 valence electrons. The van der Waals surface area contributed by atoms with Crippen LogP contribution in [-0.4, -0.2) is 27.6 Å². The molecule has 0 saturated carbocycles. The normalized spacial score (nSPS) is 16.6. The van der Waals surface area contributed by atoms with Crippen LogP contribution in [0, 0.1) is 0 Å². The number of hydrogen-bond donors (Lipinski definition) is 1. The molecule has 1 heterocycles. The average molecular weight is 479 g/mol. The first-order chi connectivity index (χ1) is 14.6. The summed E-state index contributed by atoms with van der Waals surface area (Å²) >= 11 is 4.74. The van der Waals surface area contributed by atoms with E-state index in [2.05, 4.69) is 28.1 Å². The Bertz CT molecular complexity index is 1110. The van der Waals surface area contributed by atoms with E-state index in [1.165, 1.54) is 11.8 Å². The van der Waals surface area contributed by atoms with Crippen LogP contribution in [0.15, 0.2) is 93.2 Å². The molecule has 0 aromatic heterocycles.